The molecule has 4 nitrogen and oxygen atoms in total. The van der Waals surface area contributed by atoms with Gasteiger partial charge in [0.15, 0.2) is 0 Å². The highest BCUT2D eigenvalue weighted by Crippen LogP contribution is 2.30. The van der Waals surface area contributed by atoms with E-state index >= 15 is 0 Å². The minimum atomic E-state index is -1.14. The summed E-state index contributed by atoms with van der Waals surface area (Å²) in [6.07, 6.45) is 1.58. The van der Waals surface area contributed by atoms with Crippen LogP contribution in [0.1, 0.15) is 16.7 Å². The fourth-order valence-corrected chi connectivity index (χ4v) is 3.60. The normalized spacial score (nSPS) is 15.5. The van der Waals surface area contributed by atoms with Gasteiger partial charge in [-0.1, -0.05) is 35.9 Å². The van der Waals surface area contributed by atoms with E-state index in [9.17, 15) is 9.00 Å². The van der Waals surface area contributed by atoms with E-state index in [2.05, 4.69) is 4.99 Å². The molecule has 1 unspecified atom stereocenters. The number of benzene rings is 2. The fraction of sp³-hybridized carbons (Fsp3) is 0.222. The van der Waals surface area contributed by atoms with Crippen LogP contribution in [0.2, 0.25) is 5.02 Å². The Labute approximate surface area is 148 Å². The molecule has 0 fully saturated rings. The Bertz CT molecular complexity index is 864. The summed E-state index contributed by atoms with van der Waals surface area (Å²) < 4.78 is 11.7. The van der Waals surface area contributed by atoms with Crippen molar-refractivity contribution in [2.45, 2.75) is 6.92 Å². The first-order valence-corrected chi connectivity index (χ1v) is 9.58. The lowest BCUT2D eigenvalue weighted by Gasteiger charge is -2.22. The maximum absolute atomic E-state index is 12.5. The van der Waals surface area contributed by atoms with E-state index in [1.807, 2.05) is 37.3 Å². The number of aryl methyl sites for hydroxylation is 1. The van der Waals surface area contributed by atoms with E-state index in [0.717, 1.165) is 22.4 Å². The highest BCUT2D eigenvalue weighted by Gasteiger charge is 2.26. The van der Waals surface area contributed by atoms with Gasteiger partial charge in [-0.15, -0.1) is 0 Å². The SMILES string of the molecule is Cc1ccccc1C1=NCC(=O)N(CS(C)=O)c2ccc(Cl)cc21. The highest BCUT2D eigenvalue weighted by atomic mass is 35.5. The molecule has 2 aromatic carbocycles. The molecule has 1 aliphatic heterocycles. The molecule has 0 saturated heterocycles. The van der Waals surface area contributed by atoms with Crippen LogP contribution in [0.25, 0.3) is 0 Å². The summed E-state index contributed by atoms with van der Waals surface area (Å²) in [5, 5.41) is 0.571. The molecule has 0 aromatic heterocycles. The van der Waals surface area contributed by atoms with E-state index < -0.39 is 10.8 Å². The van der Waals surface area contributed by atoms with Crippen LogP contribution in [0, 0.1) is 6.92 Å². The number of anilines is 1. The number of halogens is 1. The molecule has 1 heterocycles. The van der Waals surface area contributed by atoms with Gasteiger partial charge in [0.05, 0.1) is 11.4 Å². The van der Waals surface area contributed by atoms with Crippen molar-refractivity contribution < 1.29 is 9.00 Å². The molecule has 6 heteroatoms. The maximum Gasteiger partial charge on any atom is 0.249 e. The number of rotatable bonds is 3. The van der Waals surface area contributed by atoms with Crippen LogP contribution in [0.5, 0.6) is 0 Å². The van der Waals surface area contributed by atoms with Crippen LogP contribution in [0.15, 0.2) is 47.5 Å². The Hall–Kier alpha value is -1.98. The predicted molar refractivity (Wildman–Crippen MR) is 99.6 cm³/mol. The largest absolute Gasteiger partial charge is 0.298 e. The van der Waals surface area contributed by atoms with Crippen molar-refractivity contribution in [3.05, 3.63) is 64.2 Å². The third-order valence-corrected chi connectivity index (χ3v) is 4.75. The average molecular weight is 361 g/mol. The number of fused-ring (bicyclic) bond motifs is 1. The first-order chi connectivity index (χ1) is 11.5. The molecule has 2 aromatic rings. The lowest BCUT2D eigenvalue weighted by Crippen LogP contribution is -2.35. The van der Waals surface area contributed by atoms with Crippen molar-refractivity contribution >= 4 is 39.7 Å². The van der Waals surface area contributed by atoms with Crippen LogP contribution in [-0.2, 0) is 15.6 Å². The number of nitrogens with zero attached hydrogens (tertiary/aromatic N) is 2. The summed E-state index contributed by atoms with van der Waals surface area (Å²) in [7, 11) is -1.14. The standard InChI is InChI=1S/C18H17ClN2O2S/c1-12-5-3-4-6-14(12)18-15-9-13(19)7-8-16(15)21(11-24(2)23)17(22)10-20-18/h3-9H,10-11H2,1-2H3. The topological polar surface area (TPSA) is 49.7 Å². The minimum absolute atomic E-state index is 0.0210. The molecular formula is C18H17ClN2O2S. The summed E-state index contributed by atoms with van der Waals surface area (Å²) in [4.78, 5) is 18.6. The summed E-state index contributed by atoms with van der Waals surface area (Å²) in [5.41, 5.74) is 4.26. The zero-order chi connectivity index (χ0) is 17.3. The van der Waals surface area contributed by atoms with E-state index in [-0.39, 0.29) is 18.3 Å². The first kappa shape index (κ1) is 16.9. The molecule has 0 N–H and O–H groups in total. The number of hydrogen-bond donors (Lipinski definition) is 0. The molecule has 124 valence electrons. The monoisotopic (exact) mass is 360 g/mol. The Kier molecular flexibility index (Phi) is 4.83. The van der Waals surface area contributed by atoms with Gasteiger partial charge in [-0.2, -0.15) is 0 Å². The number of hydrogen-bond acceptors (Lipinski definition) is 3. The quantitative estimate of drug-likeness (QED) is 0.844. The second-order valence-corrected chi connectivity index (χ2v) is 7.51. The second-order valence-electron chi connectivity index (χ2n) is 5.67. The van der Waals surface area contributed by atoms with Gasteiger partial charge in [0.1, 0.15) is 12.4 Å². The molecule has 0 saturated carbocycles. The molecule has 0 spiro atoms. The van der Waals surface area contributed by atoms with E-state index in [1.165, 1.54) is 4.90 Å². The molecule has 0 radical (unpaired) electrons. The van der Waals surface area contributed by atoms with E-state index in [0.29, 0.717) is 10.7 Å². The van der Waals surface area contributed by atoms with Crippen molar-refractivity contribution in [2.75, 3.05) is 23.6 Å². The summed E-state index contributed by atoms with van der Waals surface area (Å²) in [5.74, 6) is -0.0262. The molecule has 1 atom stereocenters. The van der Waals surface area contributed by atoms with Crippen LogP contribution in [-0.4, -0.2) is 34.5 Å². The smallest absolute Gasteiger partial charge is 0.249 e. The van der Waals surface area contributed by atoms with E-state index in [1.54, 1.807) is 18.4 Å². The van der Waals surface area contributed by atoms with E-state index in [4.69, 9.17) is 11.6 Å². The van der Waals surface area contributed by atoms with Crippen molar-refractivity contribution in [3.8, 4) is 0 Å². The van der Waals surface area contributed by atoms with Gasteiger partial charge in [-0.05, 0) is 30.7 Å². The fourth-order valence-electron chi connectivity index (χ4n) is 2.78. The average Bonchev–Trinajstić information content (AvgIpc) is 2.66. The van der Waals surface area contributed by atoms with Gasteiger partial charge < -0.3 is 0 Å². The zero-order valence-corrected chi connectivity index (χ0v) is 15.0. The third-order valence-electron chi connectivity index (χ3n) is 3.89. The third kappa shape index (κ3) is 3.28. The Morgan fingerprint density at radius 3 is 2.67 bits per heavy atom. The molecule has 0 aliphatic carbocycles. The summed E-state index contributed by atoms with van der Waals surface area (Å²) in [6, 6.07) is 13.2. The van der Waals surface area contributed by atoms with Crippen molar-refractivity contribution in [2.24, 2.45) is 4.99 Å². The lowest BCUT2D eigenvalue weighted by molar-refractivity contribution is -0.117. The van der Waals surface area contributed by atoms with Crippen molar-refractivity contribution in [1.29, 1.82) is 0 Å². The van der Waals surface area contributed by atoms with Crippen molar-refractivity contribution in [3.63, 3.8) is 0 Å². The van der Waals surface area contributed by atoms with Gasteiger partial charge in [0.2, 0.25) is 5.91 Å². The molecule has 1 aliphatic rings. The second kappa shape index (κ2) is 6.87. The van der Waals surface area contributed by atoms with Crippen LogP contribution >= 0.6 is 11.6 Å². The number of carbonyl (C=O) groups is 1. The Morgan fingerprint density at radius 2 is 1.96 bits per heavy atom. The summed E-state index contributed by atoms with van der Waals surface area (Å²) >= 11 is 6.19. The Balaban J connectivity index is 2.21. The molecule has 1 amide bonds. The maximum atomic E-state index is 12.5. The molecule has 0 bridgehead atoms. The van der Waals surface area contributed by atoms with Gasteiger partial charge >= 0.3 is 0 Å². The molecule has 3 rings (SSSR count). The predicted octanol–water partition coefficient (Wildman–Crippen LogP) is 3.17. The zero-order valence-electron chi connectivity index (χ0n) is 13.5. The highest BCUT2D eigenvalue weighted by molar-refractivity contribution is 7.84. The number of carbonyl (C=O) groups excluding carboxylic acids is 1. The van der Waals surface area contributed by atoms with Crippen LogP contribution in [0.3, 0.4) is 0 Å². The van der Waals surface area contributed by atoms with Gasteiger partial charge in [0, 0.05) is 33.2 Å². The molecule has 24 heavy (non-hydrogen) atoms. The number of amides is 1. The van der Waals surface area contributed by atoms with Crippen LogP contribution < -0.4 is 4.90 Å². The lowest BCUT2D eigenvalue weighted by atomic mass is 9.97. The Morgan fingerprint density at radius 1 is 1.21 bits per heavy atom. The first-order valence-electron chi connectivity index (χ1n) is 7.48. The number of aliphatic imine (C=N–C) groups is 1. The minimum Gasteiger partial charge on any atom is -0.298 e. The van der Waals surface area contributed by atoms with Gasteiger partial charge in [-0.25, -0.2) is 0 Å². The van der Waals surface area contributed by atoms with Crippen molar-refractivity contribution in [1.82, 2.24) is 0 Å². The van der Waals surface area contributed by atoms with Gasteiger partial charge in [-0.3, -0.25) is 18.9 Å². The summed E-state index contributed by atoms with van der Waals surface area (Å²) in [6.45, 7) is 2.03. The molecular weight excluding hydrogens is 344 g/mol. The van der Waals surface area contributed by atoms with Gasteiger partial charge in [0.25, 0.3) is 0 Å². The van der Waals surface area contributed by atoms with Crippen LogP contribution in [0.4, 0.5) is 5.69 Å². The number of benzodiazepines with no additional fused rings is 1.